The summed E-state index contributed by atoms with van der Waals surface area (Å²) in [6, 6.07) is 4.03. The molecule has 6 nitrogen and oxygen atoms in total. The maximum atomic E-state index is 12.6. The van der Waals surface area contributed by atoms with Crippen LogP contribution in [-0.4, -0.2) is 37.7 Å². The van der Waals surface area contributed by atoms with Crippen molar-refractivity contribution in [3.05, 3.63) is 109 Å². The summed E-state index contributed by atoms with van der Waals surface area (Å²) in [5, 5.41) is 0. The lowest BCUT2D eigenvalue weighted by atomic mass is 10.0. The number of ether oxygens (including phenoxy) is 3. The first-order valence-corrected chi connectivity index (χ1v) is 10.5. The molecule has 0 saturated heterocycles. The first kappa shape index (κ1) is 27.1. The molecule has 1 aromatic carbocycles. The van der Waals surface area contributed by atoms with Crippen molar-refractivity contribution in [1.29, 1.82) is 0 Å². The van der Waals surface area contributed by atoms with Crippen LogP contribution in [0.4, 0.5) is 0 Å². The van der Waals surface area contributed by atoms with Crippen molar-refractivity contribution in [2.24, 2.45) is 0 Å². The Labute approximate surface area is 195 Å². The summed E-state index contributed by atoms with van der Waals surface area (Å²) in [6.45, 7) is 10.9. The molecule has 0 unspecified atom stereocenters. The standard InChI is InChI=1S/C27H30O6/c1-4-7-10-13-18-31-25(28)22-16-17-23(26(29)32-19-14-11-8-5-2)24(21-22)27(30)33-20-15-12-9-6-3/h4-6,10-17,21H,1-3,7-9,18-20H2/b13-10+,14-11+,15-12+. The van der Waals surface area contributed by atoms with E-state index in [1.54, 1.807) is 48.6 Å². The summed E-state index contributed by atoms with van der Waals surface area (Å²) in [5.41, 5.74) is 0.0298. The van der Waals surface area contributed by atoms with Crippen LogP contribution in [0.2, 0.25) is 0 Å². The zero-order chi connectivity index (χ0) is 24.3. The fraction of sp³-hybridized carbons (Fsp3) is 0.222. The van der Waals surface area contributed by atoms with E-state index in [4.69, 9.17) is 14.2 Å². The monoisotopic (exact) mass is 450 g/mol. The molecule has 0 aromatic heterocycles. The van der Waals surface area contributed by atoms with Gasteiger partial charge in [-0.05, 0) is 37.5 Å². The summed E-state index contributed by atoms with van der Waals surface area (Å²) in [6.07, 6.45) is 17.5. The largest absolute Gasteiger partial charge is 0.458 e. The Hall–Kier alpha value is -3.93. The molecule has 0 bridgehead atoms. The van der Waals surface area contributed by atoms with E-state index in [1.807, 2.05) is 6.08 Å². The second kappa shape index (κ2) is 16.7. The van der Waals surface area contributed by atoms with E-state index in [0.717, 1.165) is 0 Å². The highest BCUT2D eigenvalue weighted by atomic mass is 16.5. The van der Waals surface area contributed by atoms with Crippen LogP contribution in [-0.2, 0) is 14.2 Å². The van der Waals surface area contributed by atoms with Crippen LogP contribution >= 0.6 is 0 Å². The Bertz CT molecular complexity index is 921. The minimum absolute atomic E-state index is 0.00498. The minimum Gasteiger partial charge on any atom is -0.458 e. The van der Waals surface area contributed by atoms with Gasteiger partial charge in [-0.1, -0.05) is 54.7 Å². The van der Waals surface area contributed by atoms with Gasteiger partial charge in [0.05, 0.1) is 16.7 Å². The lowest BCUT2D eigenvalue weighted by molar-refractivity contribution is 0.0500. The van der Waals surface area contributed by atoms with Crippen LogP contribution in [0.5, 0.6) is 0 Å². The third-order valence-corrected chi connectivity index (χ3v) is 4.04. The molecule has 1 rings (SSSR count). The van der Waals surface area contributed by atoms with Gasteiger partial charge in [-0.2, -0.15) is 0 Å². The number of carbonyl (C=O) groups is 3. The zero-order valence-corrected chi connectivity index (χ0v) is 18.7. The van der Waals surface area contributed by atoms with Crippen molar-refractivity contribution >= 4 is 17.9 Å². The average Bonchev–Trinajstić information content (AvgIpc) is 2.82. The van der Waals surface area contributed by atoms with Crippen molar-refractivity contribution < 1.29 is 28.6 Å². The molecule has 0 fully saturated rings. The molecule has 33 heavy (non-hydrogen) atoms. The first-order valence-electron chi connectivity index (χ1n) is 10.5. The normalized spacial score (nSPS) is 10.9. The third-order valence-electron chi connectivity index (χ3n) is 4.04. The highest BCUT2D eigenvalue weighted by Gasteiger charge is 2.22. The Morgan fingerprint density at radius 3 is 1.48 bits per heavy atom. The van der Waals surface area contributed by atoms with Crippen LogP contribution in [0, 0.1) is 0 Å². The molecule has 0 aliphatic rings. The van der Waals surface area contributed by atoms with Gasteiger partial charge in [0, 0.05) is 0 Å². The highest BCUT2D eigenvalue weighted by Crippen LogP contribution is 2.16. The van der Waals surface area contributed by atoms with E-state index in [9.17, 15) is 14.4 Å². The van der Waals surface area contributed by atoms with E-state index in [1.165, 1.54) is 18.2 Å². The minimum atomic E-state index is -0.757. The number of carbonyl (C=O) groups excluding carboxylic acids is 3. The van der Waals surface area contributed by atoms with Gasteiger partial charge in [0.25, 0.3) is 0 Å². The molecule has 0 heterocycles. The van der Waals surface area contributed by atoms with Crippen molar-refractivity contribution in [1.82, 2.24) is 0 Å². The molecule has 0 spiro atoms. The molecule has 0 radical (unpaired) electrons. The van der Waals surface area contributed by atoms with E-state index >= 15 is 0 Å². The number of hydrogen-bond donors (Lipinski definition) is 0. The van der Waals surface area contributed by atoms with Gasteiger partial charge in [0.2, 0.25) is 0 Å². The molecule has 1 aromatic rings. The molecular weight excluding hydrogens is 420 g/mol. The fourth-order valence-electron chi connectivity index (χ4n) is 2.41. The Balaban J connectivity index is 3.01. The summed E-state index contributed by atoms with van der Waals surface area (Å²) in [4.78, 5) is 37.5. The number of esters is 3. The number of hydrogen-bond acceptors (Lipinski definition) is 6. The molecule has 174 valence electrons. The quantitative estimate of drug-likeness (QED) is 0.198. The van der Waals surface area contributed by atoms with Crippen LogP contribution in [0.1, 0.15) is 50.3 Å². The predicted octanol–water partition coefficient (Wildman–Crippen LogP) is 5.55. The molecule has 0 atom stereocenters. The molecule has 6 heteroatoms. The third kappa shape index (κ3) is 10.8. The Morgan fingerprint density at radius 1 is 0.606 bits per heavy atom. The van der Waals surface area contributed by atoms with E-state index < -0.39 is 17.9 Å². The van der Waals surface area contributed by atoms with Crippen molar-refractivity contribution in [2.45, 2.75) is 19.3 Å². The summed E-state index contributed by atoms with van der Waals surface area (Å²) in [5.74, 6) is -2.10. The van der Waals surface area contributed by atoms with Crippen molar-refractivity contribution in [3.63, 3.8) is 0 Å². The highest BCUT2D eigenvalue weighted by molar-refractivity contribution is 6.05. The lowest BCUT2D eigenvalue weighted by Crippen LogP contribution is -2.16. The van der Waals surface area contributed by atoms with Crippen LogP contribution < -0.4 is 0 Å². The maximum absolute atomic E-state index is 12.6. The van der Waals surface area contributed by atoms with E-state index in [-0.39, 0.29) is 36.5 Å². The smallest absolute Gasteiger partial charge is 0.339 e. The van der Waals surface area contributed by atoms with Crippen molar-refractivity contribution in [3.8, 4) is 0 Å². The second-order valence-electron chi connectivity index (χ2n) is 6.54. The van der Waals surface area contributed by atoms with Gasteiger partial charge in [-0.25, -0.2) is 14.4 Å². The van der Waals surface area contributed by atoms with E-state index in [2.05, 4.69) is 19.7 Å². The topological polar surface area (TPSA) is 78.9 Å². The van der Waals surface area contributed by atoms with Gasteiger partial charge in [-0.15, -0.1) is 19.7 Å². The Kier molecular flexibility index (Phi) is 13.7. The summed E-state index contributed by atoms with van der Waals surface area (Å²) < 4.78 is 15.6. The van der Waals surface area contributed by atoms with Gasteiger partial charge in [0.1, 0.15) is 19.8 Å². The number of benzene rings is 1. The van der Waals surface area contributed by atoms with Crippen LogP contribution in [0.25, 0.3) is 0 Å². The molecule has 0 N–H and O–H groups in total. The summed E-state index contributed by atoms with van der Waals surface area (Å²) in [7, 11) is 0. The number of allylic oxidation sites excluding steroid dienone is 6. The molecular formula is C27H30O6. The zero-order valence-electron chi connectivity index (χ0n) is 18.7. The second-order valence-corrected chi connectivity index (χ2v) is 6.54. The SMILES string of the molecule is C=CC/C=C/COC(=O)c1ccc(C(=O)OC/C=C/CC=C)c(C(=O)OC/C=C/CC=C)c1. The molecule has 0 aliphatic heterocycles. The number of rotatable bonds is 15. The van der Waals surface area contributed by atoms with Crippen molar-refractivity contribution in [2.75, 3.05) is 19.8 Å². The average molecular weight is 451 g/mol. The lowest BCUT2D eigenvalue weighted by Gasteiger charge is -2.10. The van der Waals surface area contributed by atoms with Gasteiger partial charge < -0.3 is 14.2 Å². The van der Waals surface area contributed by atoms with Crippen LogP contribution in [0.15, 0.2) is 92.6 Å². The first-order chi connectivity index (χ1) is 16.0. The van der Waals surface area contributed by atoms with Crippen LogP contribution in [0.3, 0.4) is 0 Å². The predicted molar refractivity (Wildman–Crippen MR) is 129 cm³/mol. The fourth-order valence-corrected chi connectivity index (χ4v) is 2.41. The molecule has 0 saturated carbocycles. The maximum Gasteiger partial charge on any atom is 0.339 e. The molecule has 0 amide bonds. The Morgan fingerprint density at radius 2 is 1.03 bits per heavy atom. The van der Waals surface area contributed by atoms with Gasteiger partial charge in [0.15, 0.2) is 0 Å². The van der Waals surface area contributed by atoms with Gasteiger partial charge in [-0.3, -0.25) is 0 Å². The summed E-state index contributed by atoms with van der Waals surface area (Å²) >= 11 is 0. The van der Waals surface area contributed by atoms with Gasteiger partial charge >= 0.3 is 17.9 Å². The molecule has 0 aliphatic carbocycles. The van der Waals surface area contributed by atoms with E-state index in [0.29, 0.717) is 19.3 Å².